The molecule has 2 aromatic carbocycles. The number of carbonyl (C=O) groups is 3. The fourth-order valence-corrected chi connectivity index (χ4v) is 4.05. The van der Waals surface area contributed by atoms with Crippen LogP contribution < -0.4 is 10.2 Å². The summed E-state index contributed by atoms with van der Waals surface area (Å²) in [5.41, 5.74) is 2.89. The summed E-state index contributed by atoms with van der Waals surface area (Å²) in [4.78, 5) is 43.1. The van der Waals surface area contributed by atoms with Gasteiger partial charge in [-0.3, -0.25) is 24.3 Å². The molecule has 1 aromatic heterocycles. The number of ketones is 1. The third kappa shape index (κ3) is 4.29. The van der Waals surface area contributed by atoms with Crippen molar-refractivity contribution in [2.45, 2.75) is 19.9 Å². The Bertz CT molecular complexity index is 1290. The van der Waals surface area contributed by atoms with Crippen molar-refractivity contribution in [3.63, 3.8) is 0 Å². The Morgan fingerprint density at radius 2 is 1.85 bits per heavy atom. The van der Waals surface area contributed by atoms with E-state index in [0.717, 1.165) is 10.0 Å². The monoisotopic (exact) mass is 505 g/mol. The van der Waals surface area contributed by atoms with Gasteiger partial charge in [-0.15, -0.1) is 0 Å². The van der Waals surface area contributed by atoms with Gasteiger partial charge in [0, 0.05) is 40.7 Å². The number of hydrogen-bond donors (Lipinski definition) is 2. The second kappa shape index (κ2) is 8.99. The molecule has 2 amide bonds. The molecule has 33 heavy (non-hydrogen) atoms. The molecule has 4 rings (SSSR count). The van der Waals surface area contributed by atoms with Crippen LogP contribution in [0, 0.1) is 6.92 Å². The number of anilines is 2. The van der Waals surface area contributed by atoms with Crippen LogP contribution in [-0.2, 0) is 14.4 Å². The third-order valence-electron chi connectivity index (χ3n) is 5.34. The van der Waals surface area contributed by atoms with Gasteiger partial charge >= 0.3 is 0 Å². The molecule has 0 aliphatic carbocycles. The molecule has 1 fully saturated rings. The summed E-state index contributed by atoms with van der Waals surface area (Å²) in [5, 5.41) is 13.8. The highest BCUT2D eigenvalue weighted by atomic mass is 79.9. The highest BCUT2D eigenvalue weighted by Crippen LogP contribution is 2.42. The average Bonchev–Trinajstić information content (AvgIpc) is 3.06. The molecule has 0 bridgehead atoms. The number of aromatic nitrogens is 1. The summed E-state index contributed by atoms with van der Waals surface area (Å²) in [5.74, 6) is -2.02. The molecule has 1 aliphatic heterocycles. The predicted molar refractivity (Wildman–Crippen MR) is 129 cm³/mol. The predicted octanol–water partition coefficient (Wildman–Crippen LogP) is 4.74. The standard InChI is InChI=1S/C25H20BrN3O4/c1-14-12-16(5-10-20(14)26)23(31)21-22(17-4-3-11-27-13-17)29(25(33)24(21)32)19-8-6-18(7-9-19)28-15(2)30/h3-13,22,31H,1-2H3,(H,28,30)/b23-21-. The number of pyridine rings is 1. The molecule has 7 nitrogen and oxygen atoms in total. The van der Waals surface area contributed by atoms with E-state index >= 15 is 0 Å². The molecule has 0 saturated carbocycles. The van der Waals surface area contributed by atoms with E-state index in [2.05, 4.69) is 26.2 Å². The van der Waals surface area contributed by atoms with Crippen molar-refractivity contribution < 1.29 is 19.5 Å². The Morgan fingerprint density at radius 1 is 1.12 bits per heavy atom. The lowest BCUT2D eigenvalue weighted by molar-refractivity contribution is -0.132. The average molecular weight is 506 g/mol. The molecule has 2 N–H and O–H groups in total. The summed E-state index contributed by atoms with van der Waals surface area (Å²) >= 11 is 3.43. The topological polar surface area (TPSA) is 99.6 Å². The first-order valence-corrected chi connectivity index (χ1v) is 10.9. The zero-order chi connectivity index (χ0) is 23.7. The molecule has 1 aliphatic rings. The number of nitrogens with zero attached hydrogens (tertiary/aromatic N) is 2. The van der Waals surface area contributed by atoms with E-state index in [1.807, 2.05) is 6.92 Å². The molecule has 3 aromatic rings. The van der Waals surface area contributed by atoms with Gasteiger partial charge in [0.25, 0.3) is 11.7 Å². The first kappa shape index (κ1) is 22.4. The summed E-state index contributed by atoms with van der Waals surface area (Å²) < 4.78 is 0.863. The normalized spacial score (nSPS) is 17.3. The number of rotatable bonds is 4. The molecule has 1 saturated heterocycles. The summed E-state index contributed by atoms with van der Waals surface area (Å²) in [6.07, 6.45) is 3.16. The van der Waals surface area contributed by atoms with Crippen LogP contribution in [0.25, 0.3) is 5.76 Å². The fraction of sp³-hybridized carbons (Fsp3) is 0.120. The van der Waals surface area contributed by atoms with Crippen LogP contribution in [0.3, 0.4) is 0 Å². The molecule has 0 spiro atoms. The maximum absolute atomic E-state index is 13.2. The second-order valence-electron chi connectivity index (χ2n) is 7.65. The number of carbonyl (C=O) groups excluding carboxylic acids is 3. The number of aliphatic hydroxyl groups is 1. The number of hydrogen-bond acceptors (Lipinski definition) is 5. The highest BCUT2D eigenvalue weighted by Gasteiger charge is 2.47. The van der Waals surface area contributed by atoms with Gasteiger partial charge < -0.3 is 10.4 Å². The molecule has 8 heteroatoms. The number of aliphatic hydroxyl groups excluding tert-OH is 1. The first-order valence-electron chi connectivity index (χ1n) is 10.1. The van der Waals surface area contributed by atoms with Gasteiger partial charge in [0.15, 0.2) is 0 Å². The van der Waals surface area contributed by atoms with E-state index < -0.39 is 17.7 Å². The van der Waals surface area contributed by atoms with Gasteiger partial charge in [0.05, 0.1) is 11.6 Å². The SMILES string of the molecule is CC(=O)Nc1ccc(N2C(=O)C(=O)/C(=C(\O)c3ccc(Br)c(C)c3)C2c2cccnc2)cc1. The van der Waals surface area contributed by atoms with E-state index in [4.69, 9.17) is 0 Å². The minimum atomic E-state index is -0.866. The quantitative estimate of drug-likeness (QED) is 0.303. The number of nitrogens with one attached hydrogen (secondary N) is 1. The van der Waals surface area contributed by atoms with E-state index in [1.54, 1.807) is 67.0 Å². The molecular weight excluding hydrogens is 486 g/mol. The summed E-state index contributed by atoms with van der Waals surface area (Å²) in [7, 11) is 0. The third-order valence-corrected chi connectivity index (χ3v) is 6.23. The smallest absolute Gasteiger partial charge is 0.300 e. The van der Waals surface area contributed by atoms with E-state index in [9.17, 15) is 19.5 Å². The van der Waals surface area contributed by atoms with Gasteiger partial charge in [-0.1, -0.05) is 28.1 Å². The van der Waals surface area contributed by atoms with E-state index in [1.165, 1.54) is 11.8 Å². The Kier molecular flexibility index (Phi) is 6.11. The fourth-order valence-electron chi connectivity index (χ4n) is 3.81. The van der Waals surface area contributed by atoms with Crippen LogP contribution in [0.4, 0.5) is 11.4 Å². The van der Waals surface area contributed by atoms with Crippen molar-refractivity contribution in [3.8, 4) is 0 Å². The van der Waals surface area contributed by atoms with Crippen molar-refractivity contribution in [1.29, 1.82) is 0 Å². The Hall–Kier alpha value is -3.78. The lowest BCUT2D eigenvalue weighted by Crippen LogP contribution is -2.29. The van der Waals surface area contributed by atoms with Crippen LogP contribution in [0.5, 0.6) is 0 Å². The molecule has 1 atom stereocenters. The molecule has 0 radical (unpaired) electrons. The highest BCUT2D eigenvalue weighted by molar-refractivity contribution is 9.10. The van der Waals surface area contributed by atoms with Crippen LogP contribution in [-0.4, -0.2) is 27.7 Å². The van der Waals surface area contributed by atoms with Gasteiger partial charge in [-0.25, -0.2) is 0 Å². The number of aryl methyl sites for hydroxylation is 1. The minimum Gasteiger partial charge on any atom is -0.507 e. The number of benzene rings is 2. The zero-order valence-corrected chi connectivity index (χ0v) is 19.5. The van der Waals surface area contributed by atoms with Crippen molar-refractivity contribution >= 4 is 50.7 Å². The van der Waals surface area contributed by atoms with E-state index in [-0.39, 0.29) is 17.2 Å². The Balaban J connectivity index is 1.87. The van der Waals surface area contributed by atoms with Gasteiger partial charge in [-0.2, -0.15) is 0 Å². The van der Waals surface area contributed by atoms with Gasteiger partial charge in [0.2, 0.25) is 5.91 Å². The zero-order valence-electron chi connectivity index (χ0n) is 17.9. The lowest BCUT2D eigenvalue weighted by Gasteiger charge is -2.25. The Morgan fingerprint density at radius 3 is 2.45 bits per heavy atom. The minimum absolute atomic E-state index is 0.0133. The van der Waals surface area contributed by atoms with Crippen molar-refractivity contribution in [3.05, 3.63) is 93.7 Å². The Labute approximate surface area is 198 Å². The maximum Gasteiger partial charge on any atom is 0.300 e. The first-order chi connectivity index (χ1) is 15.8. The van der Waals surface area contributed by atoms with Crippen LogP contribution >= 0.6 is 15.9 Å². The summed E-state index contributed by atoms with van der Waals surface area (Å²) in [6.45, 7) is 3.27. The molecule has 166 valence electrons. The van der Waals surface area contributed by atoms with Crippen molar-refractivity contribution in [1.82, 2.24) is 4.98 Å². The van der Waals surface area contributed by atoms with Crippen LogP contribution in [0.2, 0.25) is 0 Å². The summed E-state index contributed by atoms with van der Waals surface area (Å²) in [6, 6.07) is 14.4. The van der Waals surface area contributed by atoms with Crippen LogP contribution in [0.1, 0.15) is 29.7 Å². The van der Waals surface area contributed by atoms with Gasteiger partial charge in [-0.05, 0) is 60.5 Å². The second-order valence-corrected chi connectivity index (χ2v) is 8.50. The van der Waals surface area contributed by atoms with Crippen molar-refractivity contribution in [2.24, 2.45) is 0 Å². The van der Waals surface area contributed by atoms with Crippen LogP contribution in [0.15, 0.2) is 77.0 Å². The number of Topliss-reactive ketones (excluding diaryl/α,β-unsaturated/α-hetero) is 1. The van der Waals surface area contributed by atoms with E-state index in [0.29, 0.717) is 22.5 Å². The largest absolute Gasteiger partial charge is 0.507 e. The molecule has 2 heterocycles. The lowest BCUT2D eigenvalue weighted by atomic mass is 9.95. The number of amides is 2. The van der Waals surface area contributed by atoms with Gasteiger partial charge in [0.1, 0.15) is 5.76 Å². The molecule has 1 unspecified atom stereocenters. The van der Waals surface area contributed by atoms with Crippen molar-refractivity contribution in [2.75, 3.05) is 10.2 Å². The molecular formula is C25H20BrN3O4. The maximum atomic E-state index is 13.2. The number of halogens is 1.